The maximum atomic E-state index is 13.2. The van der Waals surface area contributed by atoms with Crippen LogP contribution in [0.2, 0.25) is 5.02 Å². The van der Waals surface area contributed by atoms with Gasteiger partial charge in [0.1, 0.15) is 0 Å². The number of carbonyl (C=O) groups excluding carboxylic acids is 2. The van der Waals surface area contributed by atoms with Crippen molar-refractivity contribution in [2.45, 2.75) is 23.2 Å². The third-order valence-electron chi connectivity index (χ3n) is 4.58. The van der Waals surface area contributed by atoms with Gasteiger partial charge in [-0.2, -0.15) is 13.2 Å². The molecule has 3 aromatic carbocycles. The number of carbonyl (C=O) groups is 2. The highest BCUT2D eigenvalue weighted by Gasteiger charge is 2.34. The van der Waals surface area contributed by atoms with Crippen LogP contribution in [0, 0.1) is 0 Å². The summed E-state index contributed by atoms with van der Waals surface area (Å²) in [6.07, 6.45) is -1.53. The molecule has 0 bridgehead atoms. The van der Waals surface area contributed by atoms with Crippen LogP contribution in [0.25, 0.3) is 6.08 Å². The maximum Gasteiger partial charge on any atom is 0.418 e. The highest BCUT2D eigenvalue weighted by atomic mass is 35.5. The van der Waals surface area contributed by atoms with Gasteiger partial charge in [-0.3, -0.25) is 9.59 Å². The van der Waals surface area contributed by atoms with Gasteiger partial charge >= 0.3 is 6.18 Å². The zero-order valence-electron chi connectivity index (χ0n) is 17.9. The van der Waals surface area contributed by atoms with Crippen LogP contribution in [0.5, 0.6) is 0 Å². The zero-order chi connectivity index (χ0) is 24.7. The topological polar surface area (TPSA) is 58.2 Å². The summed E-state index contributed by atoms with van der Waals surface area (Å²) in [5.41, 5.74) is 0.112. The Morgan fingerprint density at radius 2 is 1.65 bits per heavy atom. The molecule has 34 heavy (non-hydrogen) atoms. The Morgan fingerprint density at radius 3 is 2.29 bits per heavy atom. The van der Waals surface area contributed by atoms with Gasteiger partial charge in [-0.1, -0.05) is 41.9 Å². The number of hydrogen-bond donors (Lipinski definition) is 2. The molecule has 0 aliphatic rings. The van der Waals surface area contributed by atoms with Gasteiger partial charge in [0.2, 0.25) is 11.8 Å². The normalized spacial score (nSPS) is 12.4. The number of alkyl halides is 3. The van der Waals surface area contributed by atoms with Gasteiger partial charge in [-0.15, -0.1) is 11.8 Å². The van der Waals surface area contributed by atoms with Gasteiger partial charge in [0.05, 0.1) is 16.5 Å². The third-order valence-corrected chi connectivity index (χ3v) is 5.92. The average Bonchev–Trinajstić information content (AvgIpc) is 2.80. The molecule has 176 valence electrons. The van der Waals surface area contributed by atoms with Crippen LogP contribution in [-0.2, 0) is 15.8 Å². The number of hydrogen-bond acceptors (Lipinski definition) is 3. The van der Waals surface area contributed by atoms with E-state index in [1.54, 1.807) is 37.3 Å². The molecule has 3 aromatic rings. The van der Waals surface area contributed by atoms with Crippen molar-refractivity contribution >= 4 is 52.6 Å². The second-order valence-corrected chi connectivity index (χ2v) is 9.05. The van der Waals surface area contributed by atoms with E-state index in [2.05, 4.69) is 10.6 Å². The Labute approximate surface area is 204 Å². The number of anilines is 2. The standard InChI is InChI=1S/C25H20ClF3N2O2S/c1-16(24(33)31-22-13-8-18(26)15-21(22)25(27,28)29)34-20-11-9-19(10-12-20)30-23(32)14-7-17-5-3-2-4-6-17/h2-16H,1H3,(H,30,32)(H,31,33)/b14-7+. The molecule has 0 aliphatic carbocycles. The van der Waals surface area contributed by atoms with Crippen LogP contribution in [0.15, 0.2) is 83.8 Å². The monoisotopic (exact) mass is 504 g/mol. The summed E-state index contributed by atoms with van der Waals surface area (Å²) in [6.45, 7) is 1.59. The summed E-state index contributed by atoms with van der Waals surface area (Å²) in [6, 6.07) is 19.4. The SMILES string of the molecule is CC(Sc1ccc(NC(=O)/C=C/c2ccccc2)cc1)C(=O)Nc1ccc(Cl)cc1C(F)(F)F. The smallest absolute Gasteiger partial charge is 0.325 e. The van der Waals surface area contributed by atoms with E-state index < -0.39 is 22.9 Å². The molecule has 1 unspecified atom stereocenters. The largest absolute Gasteiger partial charge is 0.418 e. The van der Waals surface area contributed by atoms with Gasteiger partial charge in [0.25, 0.3) is 0 Å². The van der Waals surface area contributed by atoms with Crippen LogP contribution in [0.4, 0.5) is 24.5 Å². The van der Waals surface area contributed by atoms with Crippen LogP contribution in [-0.4, -0.2) is 17.1 Å². The molecule has 0 aliphatic heterocycles. The summed E-state index contributed by atoms with van der Waals surface area (Å²) in [5, 5.41) is 4.32. The van der Waals surface area contributed by atoms with Crippen molar-refractivity contribution in [3.05, 3.63) is 95.0 Å². The number of halogens is 4. The summed E-state index contributed by atoms with van der Waals surface area (Å²) in [4.78, 5) is 25.3. The van der Waals surface area contributed by atoms with E-state index in [9.17, 15) is 22.8 Å². The molecular formula is C25H20ClF3N2O2S. The van der Waals surface area contributed by atoms with Crippen molar-refractivity contribution in [2.24, 2.45) is 0 Å². The Morgan fingerprint density at radius 1 is 0.971 bits per heavy atom. The minimum Gasteiger partial charge on any atom is -0.325 e. The number of nitrogens with one attached hydrogen (secondary N) is 2. The Kier molecular flexibility index (Phi) is 8.41. The van der Waals surface area contributed by atoms with Crippen LogP contribution >= 0.6 is 23.4 Å². The van der Waals surface area contributed by atoms with E-state index in [0.29, 0.717) is 10.6 Å². The average molecular weight is 505 g/mol. The minimum atomic E-state index is -4.65. The van der Waals surface area contributed by atoms with Gasteiger partial charge < -0.3 is 10.6 Å². The number of amides is 2. The first-order chi connectivity index (χ1) is 16.1. The zero-order valence-corrected chi connectivity index (χ0v) is 19.5. The number of benzene rings is 3. The van der Waals surface area contributed by atoms with E-state index in [4.69, 9.17) is 11.6 Å². The summed E-state index contributed by atoms with van der Waals surface area (Å²) >= 11 is 6.85. The molecule has 1 atom stereocenters. The lowest BCUT2D eigenvalue weighted by molar-refractivity contribution is -0.137. The molecule has 0 radical (unpaired) electrons. The summed E-state index contributed by atoms with van der Waals surface area (Å²) < 4.78 is 39.7. The molecule has 0 heterocycles. The highest BCUT2D eigenvalue weighted by Crippen LogP contribution is 2.37. The minimum absolute atomic E-state index is 0.0736. The quantitative estimate of drug-likeness (QED) is 0.266. The first kappa shape index (κ1) is 25.4. The molecular weight excluding hydrogens is 485 g/mol. The van der Waals surface area contributed by atoms with Crippen molar-refractivity contribution in [1.29, 1.82) is 0 Å². The molecule has 0 spiro atoms. The lowest BCUT2D eigenvalue weighted by Crippen LogP contribution is -2.24. The van der Waals surface area contributed by atoms with Crippen LogP contribution in [0.1, 0.15) is 18.1 Å². The van der Waals surface area contributed by atoms with Crippen molar-refractivity contribution in [2.75, 3.05) is 10.6 Å². The summed E-state index contributed by atoms with van der Waals surface area (Å²) in [7, 11) is 0. The van der Waals surface area contributed by atoms with Crippen LogP contribution in [0.3, 0.4) is 0 Å². The molecule has 2 N–H and O–H groups in total. The van der Waals surface area contributed by atoms with E-state index in [1.807, 2.05) is 30.3 Å². The van der Waals surface area contributed by atoms with Gasteiger partial charge in [0.15, 0.2) is 0 Å². The number of thioether (sulfide) groups is 1. The Balaban J connectivity index is 1.57. The Hall–Kier alpha value is -3.23. The second-order valence-electron chi connectivity index (χ2n) is 7.19. The van der Waals surface area contributed by atoms with Crippen molar-refractivity contribution in [1.82, 2.24) is 0 Å². The molecule has 0 saturated carbocycles. The fourth-order valence-corrected chi connectivity index (χ4v) is 3.93. The van der Waals surface area contributed by atoms with Crippen molar-refractivity contribution in [3.63, 3.8) is 0 Å². The first-order valence-electron chi connectivity index (χ1n) is 10.1. The van der Waals surface area contributed by atoms with Gasteiger partial charge in [-0.25, -0.2) is 0 Å². The van der Waals surface area contributed by atoms with Gasteiger partial charge in [0, 0.05) is 21.7 Å². The van der Waals surface area contributed by atoms with E-state index in [0.717, 1.165) is 17.7 Å². The molecule has 0 fully saturated rings. The fourth-order valence-electron chi connectivity index (χ4n) is 2.89. The van der Waals surface area contributed by atoms with E-state index >= 15 is 0 Å². The molecule has 2 amide bonds. The van der Waals surface area contributed by atoms with Crippen molar-refractivity contribution in [3.8, 4) is 0 Å². The molecule has 0 saturated heterocycles. The lowest BCUT2D eigenvalue weighted by atomic mass is 10.1. The van der Waals surface area contributed by atoms with Crippen molar-refractivity contribution < 1.29 is 22.8 Å². The van der Waals surface area contributed by atoms with Gasteiger partial charge in [-0.05, 0) is 61.0 Å². The maximum absolute atomic E-state index is 13.2. The van der Waals surface area contributed by atoms with E-state index in [-0.39, 0.29) is 16.6 Å². The Bertz CT molecular complexity index is 1180. The predicted octanol–water partition coefficient (Wildman–Crippen LogP) is 7.13. The predicted molar refractivity (Wildman–Crippen MR) is 131 cm³/mol. The van der Waals surface area contributed by atoms with E-state index in [1.165, 1.54) is 23.9 Å². The summed E-state index contributed by atoms with van der Waals surface area (Å²) in [5.74, 6) is -0.873. The molecule has 3 rings (SSSR count). The third kappa shape index (κ3) is 7.40. The molecule has 9 heteroatoms. The van der Waals surface area contributed by atoms with Crippen LogP contribution < -0.4 is 10.6 Å². The molecule has 0 aromatic heterocycles. The number of rotatable bonds is 7. The second kappa shape index (κ2) is 11.3. The lowest BCUT2D eigenvalue weighted by Gasteiger charge is -2.16. The first-order valence-corrected chi connectivity index (χ1v) is 11.4. The molecule has 4 nitrogen and oxygen atoms in total. The fraction of sp³-hybridized carbons (Fsp3) is 0.120. The highest BCUT2D eigenvalue weighted by molar-refractivity contribution is 8.00.